The van der Waals surface area contributed by atoms with Gasteiger partial charge in [0.15, 0.2) is 6.20 Å². The Hall–Kier alpha value is -0.760. The van der Waals surface area contributed by atoms with Crippen LogP contribution in [0.3, 0.4) is 0 Å². The molecule has 0 aromatic carbocycles. The fourth-order valence-corrected chi connectivity index (χ4v) is 1.98. The van der Waals surface area contributed by atoms with Crippen molar-refractivity contribution in [1.82, 2.24) is 0 Å². The van der Waals surface area contributed by atoms with Crippen molar-refractivity contribution in [2.24, 2.45) is 0 Å². The van der Waals surface area contributed by atoms with Crippen molar-refractivity contribution in [3.05, 3.63) is 33.8 Å². The van der Waals surface area contributed by atoms with Gasteiger partial charge in [-0.2, -0.15) is 4.73 Å². The van der Waals surface area contributed by atoms with E-state index in [1.807, 2.05) is 6.07 Å². The van der Waals surface area contributed by atoms with Crippen LogP contribution >= 0.6 is 11.6 Å². The Morgan fingerprint density at radius 3 is 2.92 bits per heavy atom. The molecule has 64 valence electrons. The zero-order chi connectivity index (χ0) is 8.55. The van der Waals surface area contributed by atoms with Crippen molar-refractivity contribution < 1.29 is 4.73 Å². The minimum Gasteiger partial charge on any atom is -0.618 e. The van der Waals surface area contributed by atoms with Gasteiger partial charge in [0.1, 0.15) is 0 Å². The van der Waals surface area contributed by atoms with E-state index in [1.54, 1.807) is 0 Å². The minimum atomic E-state index is 0.368. The van der Waals surface area contributed by atoms with Gasteiger partial charge in [0.25, 0.3) is 5.15 Å². The highest BCUT2D eigenvalue weighted by Crippen LogP contribution is 2.24. The maximum absolute atomic E-state index is 11.1. The number of aromatic nitrogens is 1. The lowest BCUT2D eigenvalue weighted by molar-refractivity contribution is -0.603. The predicted octanol–water partition coefficient (Wildman–Crippen LogP) is 1.85. The predicted molar refractivity (Wildman–Crippen MR) is 47.1 cm³/mol. The Balaban J connectivity index is 2.54. The quantitative estimate of drug-likeness (QED) is 0.343. The van der Waals surface area contributed by atoms with E-state index in [1.165, 1.54) is 18.2 Å². The number of aryl methyl sites for hydroxylation is 1. The van der Waals surface area contributed by atoms with Gasteiger partial charge in [-0.25, -0.2) is 0 Å². The number of pyridine rings is 1. The number of fused-ring (bicyclic) bond motifs is 1. The van der Waals surface area contributed by atoms with Crippen molar-refractivity contribution in [2.45, 2.75) is 25.7 Å². The molecule has 12 heavy (non-hydrogen) atoms. The van der Waals surface area contributed by atoms with Crippen LogP contribution in [0.15, 0.2) is 12.3 Å². The van der Waals surface area contributed by atoms with Crippen LogP contribution in [0, 0.1) is 5.21 Å². The third-order valence-corrected chi connectivity index (χ3v) is 2.76. The van der Waals surface area contributed by atoms with Crippen LogP contribution in [0.1, 0.15) is 24.0 Å². The first-order valence-electron chi connectivity index (χ1n) is 4.18. The highest BCUT2D eigenvalue weighted by molar-refractivity contribution is 6.29. The molecule has 3 heteroatoms. The summed E-state index contributed by atoms with van der Waals surface area (Å²) in [5.41, 5.74) is 2.30. The summed E-state index contributed by atoms with van der Waals surface area (Å²) in [6, 6.07) is 1.88. The van der Waals surface area contributed by atoms with Crippen molar-refractivity contribution in [1.29, 1.82) is 0 Å². The lowest BCUT2D eigenvalue weighted by Gasteiger charge is -2.15. The van der Waals surface area contributed by atoms with Gasteiger partial charge in [-0.3, -0.25) is 0 Å². The van der Waals surface area contributed by atoms with E-state index < -0.39 is 0 Å². The van der Waals surface area contributed by atoms with Crippen LogP contribution < -0.4 is 4.73 Å². The van der Waals surface area contributed by atoms with Gasteiger partial charge in [-0.05, 0) is 42.8 Å². The van der Waals surface area contributed by atoms with Crippen molar-refractivity contribution in [3.8, 4) is 0 Å². The fourth-order valence-electron chi connectivity index (χ4n) is 1.70. The largest absolute Gasteiger partial charge is 0.618 e. The molecule has 1 aromatic heterocycles. The summed E-state index contributed by atoms with van der Waals surface area (Å²) >= 11 is 5.86. The summed E-state index contributed by atoms with van der Waals surface area (Å²) in [5.74, 6) is 0. The van der Waals surface area contributed by atoms with Gasteiger partial charge in [-0.1, -0.05) is 0 Å². The third kappa shape index (κ3) is 1.16. The first-order chi connectivity index (χ1) is 5.79. The van der Waals surface area contributed by atoms with Crippen LogP contribution in [0.4, 0.5) is 0 Å². The zero-order valence-corrected chi connectivity index (χ0v) is 7.47. The Bertz CT molecular complexity index is 312. The van der Waals surface area contributed by atoms with Crippen LogP contribution in [-0.2, 0) is 12.8 Å². The first-order valence-corrected chi connectivity index (χ1v) is 4.56. The summed E-state index contributed by atoms with van der Waals surface area (Å²) in [6.45, 7) is 0. The van der Waals surface area contributed by atoms with E-state index in [9.17, 15) is 5.21 Å². The molecule has 1 aliphatic carbocycles. The maximum atomic E-state index is 11.1. The van der Waals surface area contributed by atoms with Gasteiger partial charge < -0.3 is 5.21 Å². The molecule has 1 aromatic rings. The number of halogens is 1. The molecule has 0 saturated carbocycles. The molecule has 0 spiro atoms. The summed E-state index contributed by atoms with van der Waals surface area (Å²) in [6.07, 6.45) is 5.88. The van der Waals surface area contributed by atoms with Gasteiger partial charge in [0, 0.05) is 11.6 Å². The van der Waals surface area contributed by atoms with Crippen LogP contribution in [0.5, 0.6) is 0 Å². The molecule has 0 radical (unpaired) electrons. The Kier molecular flexibility index (Phi) is 1.93. The van der Waals surface area contributed by atoms with Gasteiger partial charge in [-0.15, -0.1) is 0 Å². The molecule has 0 N–H and O–H groups in total. The van der Waals surface area contributed by atoms with Crippen molar-refractivity contribution in [2.75, 3.05) is 0 Å². The lowest BCUT2D eigenvalue weighted by Crippen LogP contribution is -2.29. The second kappa shape index (κ2) is 2.94. The fraction of sp³-hybridized carbons (Fsp3) is 0.444. The average Bonchev–Trinajstić information content (AvgIpc) is 2.12. The standard InChI is InChI=1S/C9H10ClNO/c10-9-8-4-2-1-3-7(8)5-6-11(9)12/h5-6H,1-4H2. The van der Waals surface area contributed by atoms with Crippen LogP contribution in [-0.4, -0.2) is 0 Å². The molecule has 0 amide bonds. The van der Waals surface area contributed by atoms with Gasteiger partial charge >= 0.3 is 0 Å². The first kappa shape index (κ1) is 7.87. The minimum absolute atomic E-state index is 0.368. The van der Waals surface area contributed by atoms with E-state index in [2.05, 4.69) is 0 Å². The lowest BCUT2D eigenvalue weighted by atomic mass is 9.94. The summed E-state index contributed by atoms with van der Waals surface area (Å²) < 4.78 is 0.742. The molecule has 0 saturated heterocycles. The van der Waals surface area contributed by atoms with E-state index in [-0.39, 0.29) is 0 Å². The molecule has 2 rings (SSSR count). The molecule has 2 nitrogen and oxygen atoms in total. The van der Waals surface area contributed by atoms with E-state index in [4.69, 9.17) is 11.6 Å². The molecule has 0 aliphatic heterocycles. The second-order valence-corrected chi connectivity index (χ2v) is 3.50. The monoisotopic (exact) mass is 183 g/mol. The molecular formula is C9H10ClNO. The van der Waals surface area contributed by atoms with Crippen molar-refractivity contribution in [3.63, 3.8) is 0 Å². The van der Waals surface area contributed by atoms with Gasteiger partial charge in [0.2, 0.25) is 0 Å². The SMILES string of the molecule is [O-][n+]1ccc2c(c1Cl)CCCC2. The summed E-state index contributed by atoms with van der Waals surface area (Å²) in [5, 5.41) is 11.4. The Labute approximate surface area is 76.4 Å². The number of nitrogens with zero attached hydrogens (tertiary/aromatic N) is 1. The Morgan fingerprint density at radius 1 is 1.33 bits per heavy atom. The van der Waals surface area contributed by atoms with E-state index in [0.29, 0.717) is 5.15 Å². The highest BCUT2D eigenvalue weighted by atomic mass is 35.5. The molecule has 0 fully saturated rings. The van der Waals surface area contributed by atoms with E-state index in [0.717, 1.165) is 29.6 Å². The molecule has 1 aliphatic rings. The summed E-state index contributed by atoms with van der Waals surface area (Å²) in [7, 11) is 0. The zero-order valence-electron chi connectivity index (χ0n) is 6.72. The third-order valence-electron chi connectivity index (χ3n) is 2.36. The van der Waals surface area contributed by atoms with Crippen LogP contribution in [0.25, 0.3) is 0 Å². The molecule has 0 atom stereocenters. The molecule has 0 bridgehead atoms. The smallest absolute Gasteiger partial charge is 0.289 e. The molecular weight excluding hydrogens is 174 g/mol. The molecule has 1 heterocycles. The number of hydrogen-bond acceptors (Lipinski definition) is 1. The summed E-state index contributed by atoms with van der Waals surface area (Å²) in [4.78, 5) is 0. The van der Waals surface area contributed by atoms with Crippen LogP contribution in [0.2, 0.25) is 5.15 Å². The average molecular weight is 184 g/mol. The van der Waals surface area contributed by atoms with Crippen molar-refractivity contribution >= 4 is 11.6 Å². The van der Waals surface area contributed by atoms with Gasteiger partial charge in [0.05, 0.1) is 0 Å². The van der Waals surface area contributed by atoms with E-state index >= 15 is 0 Å². The second-order valence-electron chi connectivity index (χ2n) is 3.14. The topological polar surface area (TPSA) is 26.9 Å². The maximum Gasteiger partial charge on any atom is 0.289 e. The Morgan fingerprint density at radius 2 is 2.08 bits per heavy atom. The number of rotatable bonds is 0. The molecule has 0 unspecified atom stereocenters. The highest BCUT2D eigenvalue weighted by Gasteiger charge is 2.17. The normalized spacial score (nSPS) is 15.8. The number of hydrogen-bond donors (Lipinski definition) is 0.